The molecule has 10 nitrogen and oxygen atoms in total. The molecule has 1 atom stereocenters. The largest absolute Gasteiger partial charge is 0.473 e. The molecule has 4 heterocycles. The van der Waals surface area contributed by atoms with Gasteiger partial charge >= 0.3 is 0 Å². The van der Waals surface area contributed by atoms with Crippen LogP contribution in [-0.2, 0) is 13.6 Å². The summed E-state index contributed by atoms with van der Waals surface area (Å²) in [5.74, 6) is 1.74. The van der Waals surface area contributed by atoms with Crippen LogP contribution in [0.4, 0.5) is 5.82 Å². The van der Waals surface area contributed by atoms with Crippen molar-refractivity contribution in [2.45, 2.75) is 57.7 Å². The minimum atomic E-state index is -0.147. The summed E-state index contributed by atoms with van der Waals surface area (Å²) in [6.45, 7) is 6.05. The molecule has 1 aliphatic heterocycles. The molecule has 2 fully saturated rings. The zero-order valence-corrected chi connectivity index (χ0v) is 23.9. The Morgan fingerprint density at radius 3 is 2.56 bits per heavy atom. The Hall–Kier alpha value is -3.76. The summed E-state index contributed by atoms with van der Waals surface area (Å²) < 4.78 is 9.62. The van der Waals surface area contributed by atoms with Crippen molar-refractivity contribution in [1.29, 1.82) is 0 Å². The fourth-order valence-corrected chi connectivity index (χ4v) is 6.16. The van der Waals surface area contributed by atoms with E-state index in [1.807, 2.05) is 6.20 Å². The quantitative estimate of drug-likeness (QED) is 0.318. The molecule has 0 unspecified atom stereocenters. The lowest BCUT2D eigenvalue weighted by Crippen LogP contribution is -2.27. The van der Waals surface area contributed by atoms with Crippen molar-refractivity contribution in [1.82, 2.24) is 29.4 Å². The fraction of sp³-hybridized carbons (Fsp3) is 0.484. The maximum absolute atomic E-state index is 11.7. The lowest BCUT2D eigenvalue weighted by Gasteiger charge is -2.29. The van der Waals surface area contributed by atoms with E-state index in [0.717, 1.165) is 86.3 Å². The third kappa shape index (κ3) is 5.99. The van der Waals surface area contributed by atoms with Gasteiger partial charge < -0.3 is 15.2 Å². The van der Waals surface area contributed by atoms with E-state index in [-0.39, 0.29) is 24.3 Å². The molecule has 1 aliphatic carbocycles. The summed E-state index contributed by atoms with van der Waals surface area (Å²) >= 11 is 0. The first-order valence-electron chi connectivity index (χ1n) is 14.8. The maximum Gasteiger partial charge on any atom is 0.266 e. The number of aryl methyl sites for hydroxylation is 1. The predicted molar refractivity (Wildman–Crippen MR) is 159 cm³/mol. The second kappa shape index (κ2) is 12.0. The Kier molecular flexibility index (Phi) is 8.02. The summed E-state index contributed by atoms with van der Waals surface area (Å²) in [5, 5.41) is 23.3. The number of ether oxygens (including phenoxy) is 1. The zero-order valence-electron chi connectivity index (χ0n) is 23.9. The summed E-state index contributed by atoms with van der Waals surface area (Å²) in [6.07, 6.45) is 6.73. The molecular formula is C31H39N7O3. The first-order valence-corrected chi connectivity index (χ1v) is 14.8. The standard InChI is InChI=1S/C31H39N7O3/c1-3-32-28-16-27-26(17-33-28)31(23-6-4-21(5-7-23)18-37-15-14-22(19-37)20-39)35-38(27)24-8-10-25(11-9-24)41-29-12-13-30(40)36(2)34-29/h4-7,12-13,16-17,22,24-25,39H,3,8-11,14-15,18-20H2,1-2H3,(H,32,33)/t22-,24-,25+/m1/s1. The van der Waals surface area contributed by atoms with Crippen molar-refractivity contribution in [2.75, 3.05) is 31.6 Å². The number of benzene rings is 1. The summed E-state index contributed by atoms with van der Waals surface area (Å²) in [6, 6.07) is 14.3. The van der Waals surface area contributed by atoms with E-state index >= 15 is 0 Å². The number of aliphatic hydroxyl groups is 1. The third-order valence-corrected chi connectivity index (χ3v) is 8.42. The first kappa shape index (κ1) is 27.4. The van der Waals surface area contributed by atoms with Gasteiger partial charge in [0.25, 0.3) is 5.56 Å². The van der Waals surface area contributed by atoms with Crippen LogP contribution in [-0.4, -0.2) is 66.9 Å². The molecule has 0 amide bonds. The second-order valence-corrected chi connectivity index (χ2v) is 11.4. The number of hydrogen-bond donors (Lipinski definition) is 2. The highest BCUT2D eigenvalue weighted by molar-refractivity contribution is 5.94. The Morgan fingerprint density at radius 2 is 1.85 bits per heavy atom. The van der Waals surface area contributed by atoms with E-state index in [2.05, 4.69) is 62.2 Å². The number of aromatic nitrogens is 5. The lowest BCUT2D eigenvalue weighted by molar-refractivity contribution is 0.123. The number of aliphatic hydroxyl groups excluding tert-OH is 1. The fourth-order valence-electron chi connectivity index (χ4n) is 6.16. The van der Waals surface area contributed by atoms with E-state index in [1.165, 1.54) is 16.3 Å². The van der Waals surface area contributed by atoms with Crippen molar-refractivity contribution in [2.24, 2.45) is 13.0 Å². The van der Waals surface area contributed by atoms with Crippen LogP contribution in [0.15, 0.2) is 53.5 Å². The molecule has 1 saturated heterocycles. The number of nitrogens with zero attached hydrogens (tertiary/aromatic N) is 6. The highest BCUT2D eigenvalue weighted by atomic mass is 16.5. The van der Waals surface area contributed by atoms with E-state index in [4.69, 9.17) is 9.84 Å². The number of likely N-dealkylation sites (tertiary alicyclic amines) is 1. The van der Waals surface area contributed by atoms with E-state index in [9.17, 15) is 9.90 Å². The third-order valence-electron chi connectivity index (χ3n) is 8.42. The molecule has 2 aliphatic rings. The van der Waals surface area contributed by atoms with Crippen LogP contribution in [0.25, 0.3) is 22.2 Å². The van der Waals surface area contributed by atoms with Gasteiger partial charge in [0.1, 0.15) is 17.6 Å². The Balaban J connectivity index is 1.21. The monoisotopic (exact) mass is 557 g/mol. The summed E-state index contributed by atoms with van der Waals surface area (Å²) in [7, 11) is 1.64. The van der Waals surface area contributed by atoms with Crippen LogP contribution in [0, 0.1) is 5.92 Å². The smallest absolute Gasteiger partial charge is 0.266 e. The number of hydrogen-bond acceptors (Lipinski definition) is 8. The van der Waals surface area contributed by atoms with Gasteiger partial charge in [-0.15, -0.1) is 5.10 Å². The first-order chi connectivity index (χ1) is 20.0. The minimum absolute atomic E-state index is 0.0624. The highest BCUT2D eigenvalue weighted by Gasteiger charge is 2.27. The molecule has 0 spiro atoms. The van der Waals surface area contributed by atoms with E-state index < -0.39 is 0 Å². The number of pyridine rings is 1. The Labute approximate surface area is 240 Å². The van der Waals surface area contributed by atoms with Gasteiger partial charge in [-0.1, -0.05) is 24.3 Å². The average molecular weight is 558 g/mol. The van der Waals surface area contributed by atoms with Crippen LogP contribution in [0.5, 0.6) is 5.88 Å². The molecule has 3 aromatic heterocycles. The number of anilines is 1. The lowest BCUT2D eigenvalue weighted by atomic mass is 9.93. The Bertz CT molecular complexity index is 1540. The summed E-state index contributed by atoms with van der Waals surface area (Å²) in [5.41, 5.74) is 4.26. The number of rotatable bonds is 9. The van der Waals surface area contributed by atoms with Crippen LogP contribution >= 0.6 is 0 Å². The maximum atomic E-state index is 11.7. The van der Waals surface area contributed by atoms with Crippen molar-refractivity contribution >= 4 is 16.7 Å². The Morgan fingerprint density at radius 1 is 1.05 bits per heavy atom. The second-order valence-electron chi connectivity index (χ2n) is 11.4. The molecule has 41 heavy (non-hydrogen) atoms. The molecular weight excluding hydrogens is 518 g/mol. The minimum Gasteiger partial charge on any atom is -0.473 e. The highest BCUT2D eigenvalue weighted by Crippen LogP contribution is 2.36. The molecule has 0 bridgehead atoms. The number of fused-ring (bicyclic) bond motifs is 1. The number of nitrogens with one attached hydrogen (secondary N) is 1. The van der Waals surface area contributed by atoms with Gasteiger partial charge in [-0.25, -0.2) is 9.67 Å². The van der Waals surface area contributed by atoms with E-state index in [0.29, 0.717) is 11.8 Å². The molecule has 216 valence electrons. The van der Waals surface area contributed by atoms with Crippen LogP contribution < -0.4 is 15.6 Å². The molecule has 0 radical (unpaired) electrons. The molecule has 6 rings (SSSR count). The molecule has 2 N–H and O–H groups in total. The predicted octanol–water partition coefficient (Wildman–Crippen LogP) is 4.00. The van der Waals surface area contributed by atoms with Gasteiger partial charge in [0.05, 0.1) is 11.6 Å². The molecule has 1 aromatic carbocycles. The van der Waals surface area contributed by atoms with Crippen molar-refractivity contribution in [3.8, 4) is 17.1 Å². The van der Waals surface area contributed by atoms with Gasteiger partial charge in [-0.3, -0.25) is 14.4 Å². The summed E-state index contributed by atoms with van der Waals surface area (Å²) in [4.78, 5) is 18.8. The molecule has 4 aromatic rings. The normalized spacial score (nSPS) is 21.4. The topological polar surface area (TPSA) is 110 Å². The van der Waals surface area contributed by atoms with Crippen LogP contribution in [0.1, 0.15) is 50.6 Å². The van der Waals surface area contributed by atoms with Gasteiger partial charge in [0, 0.05) is 68.6 Å². The van der Waals surface area contributed by atoms with Gasteiger partial charge in [0.2, 0.25) is 5.88 Å². The van der Waals surface area contributed by atoms with Crippen molar-refractivity contribution in [3.05, 3.63) is 64.6 Å². The van der Waals surface area contributed by atoms with E-state index in [1.54, 1.807) is 13.1 Å². The van der Waals surface area contributed by atoms with Crippen molar-refractivity contribution in [3.63, 3.8) is 0 Å². The molecule has 10 heteroatoms. The van der Waals surface area contributed by atoms with Gasteiger partial charge in [-0.2, -0.15) is 5.10 Å². The van der Waals surface area contributed by atoms with Crippen LogP contribution in [0.3, 0.4) is 0 Å². The van der Waals surface area contributed by atoms with Crippen molar-refractivity contribution < 1.29 is 9.84 Å². The van der Waals surface area contributed by atoms with Gasteiger partial charge in [0.15, 0.2) is 0 Å². The molecule has 1 saturated carbocycles. The van der Waals surface area contributed by atoms with Gasteiger partial charge in [-0.05, 0) is 57.1 Å². The van der Waals surface area contributed by atoms with Crippen LogP contribution in [0.2, 0.25) is 0 Å². The average Bonchev–Trinajstić information content (AvgIpc) is 3.60. The SMILES string of the molecule is CCNc1cc2c(cn1)c(-c1ccc(CN3CC[C@@H](CO)C3)cc1)nn2[C@H]1CC[C@@H](Oc2ccc(=O)n(C)n2)CC1. The zero-order chi connectivity index (χ0) is 28.3.